The van der Waals surface area contributed by atoms with E-state index in [0.717, 1.165) is 31.3 Å². The lowest BCUT2D eigenvalue weighted by Gasteiger charge is -2.29. The molecule has 160 valence electrons. The molecule has 1 aromatic carbocycles. The topological polar surface area (TPSA) is 55.8 Å². The van der Waals surface area contributed by atoms with E-state index in [1.807, 2.05) is 18.2 Å². The van der Waals surface area contributed by atoms with Crippen molar-refractivity contribution >= 4 is 17.6 Å². The lowest BCUT2D eigenvalue weighted by Crippen LogP contribution is -2.30. The van der Waals surface area contributed by atoms with E-state index in [-0.39, 0.29) is 18.0 Å². The molecule has 1 aliphatic rings. The monoisotopic (exact) mass is 420 g/mol. The smallest absolute Gasteiger partial charge is 0.334 e. The van der Waals surface area contributed by atoms with E-state index in [1.54, 1.807) is 12.6 Å². The van der Waals surface area contributed by atoms with Crippen molar-refractivity contribution in [1.29, 1.82) is 0 Å². The highest BCUT2D eigenvalue weighted by Crippen LogP contribution is 2.28. The molecule has 0 radical (unpaired) electrons. The molecule has 29 heavy (non-hydrogen) atoms. The van der Waals surface area contributed by atoms with Crippen LogP contribution < -0.4 is 0 Å². The van der Waals surface area contributed by atoms with Crippen molar-refractivity contribution in [3.8, 4) is 0 Å². The van der Waals surface area contributed by atoms with Crippen LogP contribution in [0, 0.1) is 11.8 Å². The number of halogens is 1. The first kappa shape index (κ1) is 23.5. The van der Waals surface area contributed by atoms with Crippen molar-refractivity contribution in [2.75, 3.05) is 7.11 Å². The van der Waals surface area contributed by atoms with E-state index in [0.29, 0.717) is 24.5 Å². The standard InChI is InChI=1S/C24H33ClO4/c1-17(11-18(2)23-14-22(28-3)15-24(27)29-23)9-10-21(26)13-20(16-25)12-19-7-5-4-6-8-19/h4-8,15-18,21,23,26H,9-14H2,1-3H3. The van der Waals surface area contributed by atoms with Gasteiger partial charge in [0.2, 0.25) is 0 Å². The summed E-state index contributed by atoms with van der Waals surface area (Å²) in [6.45, 7) is 4.29. The normalized spacial score (nSPS) is 20.4. The molecule has 2 rings (SSSR count). The van der Waals surface area contributed by atoms with Gasteiger partial charge in [-0.3, -0.25) is 0 Å². The summed E-state index contributed by atoms with van der Waals surface area (Å²) in [6, 6.07) is 10.1. The number of methoxy groups -OCH3 is 1. The summed E-state index contributed by atoms with van der Waals surface area (Å²) in [5.41, 5.74) is 3.83. The second-order valence-corrected chi connectivity index (χ2v) is 8.40. The van der Waals surface area contributed by atoms with Crippen molar-refractivity contribution in [3.05, 3.63) is 58.8 Å². The summed E-state index contributed by atoms with van der Waals surface area (Å²) in [5, 5.41) is 10.5. The average molecular weight is 421 g/mol. The van der Waals surface area contributed by atoms with Gasteiger partial charge in [0.05, 0.1) is 19.3 Å². The molecule has 0 aromatic heterocycles. The van der Waals surface area contributed by atoms with Gasteiger partial charge in [0.1, 0.15) is 11.9 Å². The molecule has 0 bridgehead atoms. The molecule has 4 unspecified atom stereocenters. The largest absolute Gasteiger partial charge is 0.501 e. The first-order valence-electron chi connectivity index (χ1n) is 10.4. The maximum absolute atomic E-state index is 11.7. The van der Waals surface area contributed by atoms with Crippen molar-refractivity contribution in [1.82, 2.24) is 0 Å². The molecule has 1 heterocycles. The highest BCUT2D eigenvalue weighted by molar-refractivity contribution is 6.25. The van der Waals surface area contributed by atoms with Gasteiger partial charge in [-0.2, -0.15) is 0 Å². The minimum atomic E-state index is -0.406. The second-order valence-electron chi connectivity index (χ2n) is 8.18. The molecule has 1 aromatic rings. The predicted molar refractivity (Wildman–Crippen MR) is 116 cm³/mol. The third-order valence-electron chi connectivity index (χ3n) is 5.54. The minimum absolute atomic E-state index is 0.147. The highest BCUT2D eigenvalue weighted by atomic mass is 35.5. The number of ether oxygens (including phenoxy) is 2. The molecule has 0 fully saturated rings. The Morgan fingerprint density at radius 2 is 2.03 bits per heavy atom. The molecular formula is C24H33ClO4. The molecule has 5 heteroatoms. The van der Waals surface area contributed by atoms with Crippen molar-refractivity contribution in [3.63, 3.8) is 0 Å². The fourth-order valence-corrected chi connectivity index (χ4v) is 4.04. The Hall–Kier alpha value is -1.78. The van der Waals surface area contributed by atoms with E-state index in [9.17, 15) is 9.90 Å². The van der Waals surface area contributed by atoms with Crippen LogP contribution in [0.5, 0.6) is 0 Å². The van der Waals surface area contributed by atoms with E-state index in [4.69, 9.17) is 21.1 Å². The molecule has 0 saturated heterocycles. The van der Waals surface area contributed by atoms with Crippen LogP contribution in [0.15, 0.2) is 53.3 Å². The predicted octanol–water partition coefficient (Wildman–Crippen LogP) is 5.39. The van der Waals surface area contributed by atoms with Gasteiger partial charge >= 0.3 is 5.97 Å². The van der Waals surface area contributed by atoms with Crippen molar-refractivity contribution in [2.24, 2.45) is 11.8 Å². The Kier molecular flexibility index (Phi) is 9.75. The summed E-state index contributed by atoms with van der Waals surface area (Å²) in [4.78, 5) is 11.7. The molecule has 0 saturated carbocycles. The van der Waals surface area contributed by atoms with Gasteiger partial charge < -0.3 is 14.6 Å². The maximum Gasteiger partial charge on any atom is 0.334 e. The van der Waals surface area contributed by atoms with Crippen LogP contribution in [0.25, 0.3) is 0 Å². The summed E-state index contributed by atoms with van der Waals surface area (Å²) in [6.07, 6.45) is 5.42. The van der Waals surface area contributed by atoms with Crippen LogP contribution in [-0.2, 0) is 20.7 Å². The molecule has 0 amide bonds. The van der Waals surface area contributed by atoms with Crippen LogP contribution in [-0.4, -0.2) is 30.4 Å². The lowest BCUT2D eigenvalue weighted by atomic mass is 9.87. The van der Waals surface area contributed by atoms with E-state index < -0.39 is 6.10 Å². The van der Waals surface area contributed by atoms with Crippen LogP contribution in [0.3, 0.4) is 0 Å². The van der Waals surface area contributed by atoms with Crippen LogP contribution in [0.2, 0.25) is 0 Å². The fraction of sp³-hybridized carbons (Fsp3) is 0.542. The number of carbonyl (C=O) groups excluding carboxylic acids is 1. The Bertz CT molecular complexity index is 698. The van der Waals surface area contributed by atoms with Gasteiger partial charge in [-0.1, -0.05) is 61.4 Å². The van der Waals surface area contributed by atoms with E-state index >= 15 is 0 Å². The van der Waals surface area contributed by atoms with Crippen LogP contribution >= 0.6 is 11.6 Å². The summed E-state index contributed by atoms with van der Waals surface area (Å²) in [5.74, 6) is 1.01. The zero-order chi connectivity index (χ0) is 21.2. The molecule has 4 nitrogen and oxygen atoms in total. The molecular weight excluding hydrogens is 388 g/mol. The zero-order valence-electron chi connectivity index (χ0n) is 17.6. The maximum atomic E-state index is 11.7. The molecule has 1 N–H and O–H groups in total. The van der Waals surface area contributed by atoms with Gasteiger partial charge in [0.15, 0.2) is 0 Å². The van der Waals surface area contributed by atoms with E-state index in [1.165, 1.54) is 11.6 Å². The number of cyclic esters (lactones) is 1. The Morgan fingerprint density at radius 1 is 1.31 bits per heavy atom. The molecule has 4 atom stereocenters. The van der Waals surface area contributed by atoms with E-state index in [2.05, 4.69) is 26.0 Å². The number of hydrogen-bond donors (Lipinski definition) is 1. The highest BCUT2D eigenvalue weighted by Gasteiger charge is 2.28. The first-order valence-corrected chi connectivity index (χ1v) is 10.8. The Morgan fingerprint density at radius 3 is 2.69 bits per heavy atom. The van der Waals surface area contributed by atoms with Crippen LogP contribution in [0.1, 0.15) is 51.5 Å². The minimum Gasteiger partial charge on any atom is -0.501 e. The van der Waals surface area contributed by atoms with Crippen molar-refractivity contribution in [2.45, 2.75) is 64.6 Å². The average Bonchev–Trinajstić information content (AvgIpc) is 2.72. The van der Waals surface area contributed by atoms with Gasteiger partial charge in [0, 0.05) is 12.0 Å². The first-order chi connectivity index (χ1) is 13.9. The number of esters is 1. The number of carbonyl (C=O) groups is 1. The SMILES string of the molecule is COC1=CC(=O)OC(C(C)CC(C)CCC(O)CC(=CCl)Cc2ccccc2)C1. The number of hydrogen-bond acceptors (Lipinski definition) is 4. The third kappa shape index (κ3) is 8.23. The van der Waals surface area contributed by atoms with Gasteiger partial charge in [0.25, 0.3) is 0 Å². The van der Waals surface area contributed by atoms with Gasteiger partial charge in [-0.15, -0.1) is 0 Å². The molecule has 0 aliphatic carbocycles. The number of aliphatic hydroxyl groups excluding tert-OH is 1. The van der Waals surface area contributed by atoms with Gasteiger partial charge in [-0.25, -0.2) is 4.79 Å². The quantitative estimate of drug-likeness (QED) is 0.487. The van der Waals surface area contributed by atoms with Gasteiger partial charge in [-0.05, 0) is 49.5 Å². The third-order valence-corrected chi connectivity index (χ3v) is 5.85. The number of aliphatic hydroxyl groups is 1. The molecule has 0 spiro atoms. The molecule has 1 aliphatic heterocycles. The fourth-order valence-electron chi connectivity index (χ4n) is 3.87. The summed E-state index contributed by atoms with van der Waals surface area (Å²) < 4.78 is 10.7. The Labute approximate surface area is 179 Å². The summed E-state index contributed by atoms with van der Waals surface area (Å²) >= 11 is 5.99. The second kappa shape index (κ2) is 12.0. The van der Waals surface area contributed by atoms with Crippen molar-refractivity contribution < 1.29 is 19.4 Å². The number of rotatable bonds is 11. The number of benzene rings is 1. The summed E-state index contributed by atoms with van der Waals surface area (Å²) in [7, 11) is 1.58. The van der Waals surface area contributed by atoms with Crippen LogP contribution in [0.4, 0.5) is 0 Å². The lowest BCUT2D eigenvalue weighted by molar-refractivity contribution is -0.148. The Balaban J connectivity index is 1.74. The zero-order valence-corrected chi connectivity index (χ0v) is 18.4.